The molecule has 0 saturated carbocycles. The molecule has 2 aromatic carbocycles. The monoisotopic (exact) mass is 287 g/mol. The Morgan fingerprint density at radius 1 is 1.00 bits per heavy atom. The zero-order chi connectivity index (χ0) is 15.0. The molecule has 1 aromatic heterocycles. The average Bonchev–Trinajstić information content (AvgIpc) is 2.53. The Labute approximate surface area is 129 Å². The van der Waals surface area contributed by atoms with Crippen molar-refractivity contribution in [2.24, 2.45) is 0 Å². The summed E-state index contributed by atoms with van der Waals surface area (Å²) in [6.07, 6.45) is 5.20. The molecule has 0 bridgehead atoms. The van der Waals surface area contributed by atoms with Crippen LogP contribution in [0.5, 0.6) is 5.75 Å². The van der Waals surface area contributed by atoms with Crippen LogP contribution in [0.15, 0.2) is 60.7 Å². The third-order valence-electron chi connectivity index (χ3n) is 4.05. The summed E-state index contributed by atoms with van der Waals surface area (Å²) in [6, 6.07) is 20.4. The minimum absolute atomic E-state index is 0.357. The largest absolute Gasteiger partial charge is 0.483 e. The van der Waals surface area contributed by atoms with Crippen LogP contribution in [0.3, 0.4) is 0 Å². The van der Waals surface area contributed by atoms with Gasteiger partial charge in [-0.1, -0.05) is 42.5 Å². The standard InChI is InChI=1S/C20H17NO/c1-20(22-17-8-3-2-4-9-17)12-11-16-13-15-7-5-6-10-18(15)21-19(16)14-20/h2-11,13-14H,12H2,1H3. The van der Waals surface area contributed by atoms with Gasteiger partial charge in [0.05, 0.1) is 10.9 Å². The summed E-state index contributed by atoms with van der Waals surface area (Å²) in [5.74, 6) is 0.888. The molecule has 1 heterocycles. The fraction of sp³-hybridized carbons (Fsp3) is 0.150. The summed E-state index contributed by atoms with van der Waals surface area (Å²) in [5, 5.41) is 3.37. The van der Waals surface area contributed by atoms with Crippen LogP contribution < -0.4 is 15.3 Å². The van der Waals surface area contributed by atoms with E-state index < -0.39 is 0 Å². The Hall–Kier alpha value is -2.61. The van der Waals surface area contributed by atoms with Gasteiger partial charge in [-0.25, -0.2) is 4.98 Å². The van der Waals surface area contributed by atoms with Crippen LogP contribution in [0, 0.1) is 0 Å². The zero-order valence-electron chi connectivity index (χ0n) is 12.5. The van der Waals surface area contributed by atoms with Gasteiger partial charge in [0.2, 0.25) is 0 Å². The van der Waals surface area contributed by atoms with Gasteiger partial charge in [-0.15, -0.1) is 0 Å². The average molecular weight is 287 g/mol. The Morgan fingerprint density at radius 2 is 1.77 bits per heavy atom. The molecule has 0 N–H and O–H groups in total. The van der Waals surface area contributed by atoms with Gasteiger partial charge in [0, 0.05) is 11.8 Å². The van der Waals surface area contributed by atoms with Crippen molar-refractivity contribution in [2.75, 3.05) is 0 Å². The lowest BCUT2D eigenvalue weighted by Crippen LogP contribution is -2.41. The number of hydrogen-bond donors (Lipinski definition) is 0. The van der Waals surface area contributed by atoms with E-state index in [4.69, 9.17) is 9.72 Å². The highest BCUT2D eigenvalue weighted by atomic mass is 16.5. The molecule has 0 spiro atoms. The molecule has 1 aliphatic carbocycles. The van der Waals surface area contributed by atoms with Crippen molar-refractivity contribution < 1.29 is 4.74 Å². The number of fused-ring (bicyclic) bond motifs is 2. The number of rotatable bonds is 2. The van der Waals surface area contributed by atoms with Crippen molar-refractivity contribution in [2.45, 2.75) is 18.9 Å². The first-order chi connectivity index (χ1) is 10.7. The van der Waals surface area contributed by atoms with E-state index >= 15 is 0 Å². The molecule has 2 nitrogen and oxygen atoms in total. The van der Waals surface area contributed by atoms with Crippen molar-refractivity contribution in [3.05, 3.63) is 71.2 Å². The highest BCUT2D eigenvalue weighted by Crippen LogP contribution is 2.24. The van der Waals surface area contributed by atoms with Crippen LogP contribution in [-0.4, -0.2) is 10.6 Å². The van der Waals surface area contributed by atoms with Gasteiger partial charge in [0.25, 0.3) is 0 Å². The summed E-state index contributed by atoms with van der Waals surface area (Å²) in [7, 11) is 0. The smallest absolute Gasteiger partial charge is 0.130 e. The highest BCUT2D eigenvalue weighted by Gasteiger charge is 2.24. The van der Waals surface area contributed by atoms with E-state index in [1.807, 2.05) is 48.5 Å². The fourth-order valence-corrected chi connectivity index (χ4v) is 2.92. The lowest BCUT2D eigenvalue weighted by Gasteiger charge is -2.28. The van der Waals surface area contributed by atoms with E-state index in [9.17, 15) is 0 Å². The van der Waals surface area contributed by atoms with Crippen LogP contribution in [0.4, 0.5) is 0 Å². The van der Waals surface area contributed by atoms with E-state index in [1.54, 1.807) is 0 Å². The van der Waals surface area contributed by atoms with E-state index in [0.29, 0.717) is 0 Å². The third kappa shape index (κ3) is 2.37. The van der Waals surface area contributed by atoms with Gasteiger partial charge in [0.15, 0.2) is 0 Å². The third-order valence-corrected chi connectivity index (χ3v) is 4.05. The second-order valence-corrected chi connectivity index (χ2v) is 5.94. The topological polar surface area (TPSA) is 22.1 Å². The lowest BCUT2D eigenvalue weighted by atomic mass is 9.95. The number of nitrogens with zero attached hydrogens (tertiary/aromatic N) is 1. The maximum absolute atomic E-state index is 6.18. The van der Waals surface area contributed by atoms with Crippen molar-refractivity contribution in [1.82, 2.24) is 4.98 Å². The van der Waals surface area contributed by atoms with Crippen molar-refractivity contribution in [3.8, 4) is 5.75 Å². The number of para-hydroxylation sites is 2. The summed E-state index contributed by atoms with van der Waals surface area (Å²) in [4.78, 5) is 4.79. The normalized spacial score (nSPS) is 19.9. The number of benzene rings is 2. The second kappa shape index (κ2) is 4.99. The summed E-state index contributed by atoms with van der Waals surface area (Å²) < 4.78 is 6.18. The van der Waals surface area contributed by atoms with E-state index in [-0.39, 0.29) is 5.60 Å². The van der Waals surface area contributed by atoms with Gasteiger partial charge in [-0.05, 0) is 42.5 Å². The number of hydrogen-bond acceptors (Lipinski definition) is 2. The summed E-state index contributed by atoms with van der Waals surface area (Å²) >= 11 is 0. The first kappa shape index (κ1) is 13.1. The van der Waals surface area contributed by atoms with Crippen molar-refractivity contribution in [1.29, 1.82) is 0 Å². The fourth-order valence-electron chi connectivity index (χ4n) is 2.92. The van der Waals surface area contributed by atoms with Crippen LogP contribution in [-0.2, 0) is 0 Å². The highest BCUT2D eigenvalue weighted by molar-refractivity contribution is 5.78. The molecule has 1 atom stereocenters. The Balaban J connectivity index is 1.80. The van der Waals surface area contributed by atoms with E-state index in [1.165, 1.54) is 10.6 Å². The Bertz CT molecular complexity index is 946. The molecule has 3 aromatic rings. The van der Waals surface area contributed by atoms with Gasteiger partial charge in [-0.2, -0.15) is 0 Å². The molecule has 0 amide bonds. The molecule has 0 fully saturated rings. The first-order valence-electron chi connectivity index (χ1n) is 7.55. The molecule has 0 radical (unpaired) electrons. The Kier molecular flexibility index (Phi) is 2.97. The summed E-state index contributed by atoms with van der Waals surface area (Å²) in [5.41, 5.74) is 0.666. The minimum atomic E-state index is -0.357. The number of pyridine rings is 1. The molecular formula is C20H17NO. The SMILES string of the molecule is CC1(Oc2ccccc2)C=c2nc3ccccc3cc2=CC1. The quantitative estimate of drug-likeness (QED) is 0.723. The molecule has 108 valence electrons. The number of aromatic nitrogens is 1. The summed E-state index contributed by atoms with van der Waals surface area (Å²) in [6.45, 7) is 2.11. The first-order valence-corrected chi connectivity index (χ1v) is 7.55. The van der Waals surface area contributed by atoms with Crippen molar-refractivity contribution in [3.63, 3.8) is 0 Å². The number of ether oxygens (including phenoxy) is 1. The molecular weight excluding hydrogens is 270 g/mol. The van der Waals surface area contributed by atoms with Crippen LogP contribution >= 0.6 is 0 Å². The molecule has 1 unspecified atom stereocenters. The maximum atomic E-state index is 6.18. The van der Waals surface area contributed by atoms with Gasteiger partial charge in [0.1, 0.15) is 11.4 Å². The van der Waals surface area contributed by atoms with Crippen LogP contribution in [0.2, 0.25) is 0 Å². The van der Waals surface area contributed by atoms with Crippen molar-refractivity contribution >= 4 is 23.1 Å². The molecule has 2 heteroatoms. The molecule has 0 saturated heterocycles. The lowest BCUT2D eigenvalue weighted by molar-refractivity contribution is 0.163. The molecule has 4 rings (SSSR count). The second-order valence-electron chi connectivity index (χ2n) is 5.94. The molecule has 0 aliphatic heterocycles. The van der Waals surface area contributed by atoms with Gasteiger partial charge in [-0.3, -0.25) is 0 Å². The Morgan fingerprint density at radius 3 is 2.64 bits per heavy atom. The van der Waals surface area contributed by atoms with Crippen LogP contribution in [0.1, 0.15) is 13.3 Å². The minimum Gasteiger partial charge on any atom is -0.483 e. The van der Waals surface area contributed by atoms with Crippen LogP contribution in [0.25, 0.3) is 23.1 Å². The maximum Gasteiger partial charge on any atom is 0.130 e. The van der Waals surface area contributed by atoms with Gasteiger partial charge >= 0.3 is 0 Å². The van der Waals surface area contributed by atoms with Gasteiger partial charge < -0.3 is 4.74 Å². The zero-order valence-corrected chi connectivity index (χ0v) is 12.5. The predicted molar refractivity (Wildman–Crippen MR) is 90.0 cm³/mol. The molecule has 1 aliphatic rings. The molecule has 22 heavy (non-hydrogen) atoms. The van der Waals surface area contributed by atoms with E-state index in [2.05, 4.69) is 31.2 Å². The predicted octanol–water partition coefficient (Wildman–Crippen LogP) is 3.04. The van der Waals surface area contributed by atoms with E-state index in [0.717, 1.165) is 23.0 Å².